The lowest BCUT2D eigenvalue weighted by Gasteiger charge is -1.91. The molecule has 0 aliphatic carbocycles. The van der Waals surface area contributed by atoms with Gasteiger partial charge in [0.25, 0.3) is 0 Å². The van der Waals surface area contributed by atoms with E-state index in [0.29, 0.717) is 14.3 Å². The van der Waals surface area contributed by atoms with E-state index in [9.17, 15) is 0 Å². The highest BCUT2D eigenvalue weighted by Crippen LogP contribution is 1.89. The minimum absolute atomic E-state index is 0.616. The van der Waals surface area contributed by atoms with Crippen LogP contribution in [0, 0.1) is 0 Å². The van der Waals surface area contributed by atoms with E-state index in [0.717, 1.165) is 0 Å². The van der Waals surface area contributed by atoms with Gasteiger partial charge < -0.3 is 16.3 Å². The molecule has 0 aromatic carbocycles. The van der Waals surface area contributed by atoms with Gasteiger partial charge in [0.1, 0.15) is 4.32 Å². The molecule has 8 nitrogen and oxygen atoms in total. The minimum Gasteiger partial charge on any atom is -0.318 e. The van der Waals surface area contributed by atoms with Gasteiger partial charge in [-0.15, -0.1) is 0 Å². The molecule has 13 N–H and O–H groups in total. The molecule has 14 heteroatoms. The number of nitrogens with one attached hydrogen (secondary N) is 3. The molecule has 0 bridgehead atoms. The van der Waals surface area contributed by atoms with Crippen molar-refractivity contribution in [3.63, 3.8) is 0 Å². The van der Waals surface area contributed by atoms with Gasteiger partial charge in [-0.2, -0.15) is 0 Å². The molecule has 0 spiro atoms. The van der Waals surface area contributed by atoms with Crippen molar-refractivity contribution < 1.29 is 0 Å². The van der Waals surface area contributed by atoms with E-state index in [-0.39, 0.29) is 0 Å². The van der Waals surface area contributed by atoms with Crippen molar-refractivity contribution in [1.82, 2.24) is 16.3 Å². The van der Waals surface area contributed by atoms with Crippen LogP contribution < -0.4 is 45.5 Å². The summed E-state index contributed by atoms with van der Waals surface area (Å²) in [6.45, 7) is 3.44. The number of thiocarbonyl (C=S) groups is 5. The van der Waals surface area contributed by atoms with E-state index in [2.05, 4.69) is 89.1 Å². The first-order chi connectivity index (χ1) is 9.76. The summed E-state index contributed by atoms with van der Waals surface area (Å²) in [5.41, 5.74) is 6.83. The van der Waals surface area contributed by atoms with E-state index < -0.39 is 0 Å². The summed E-state index contributed by atoms with van der Waals surface area (Å²) < 4.78 is 2.54. The normalized spacial score (nSPS) is 6.10. The molecule has 21 heavy (non-hydrogen) atoms. The predicted molar refractivity (Wildman–Crippen MR) is 113 cm³/mol. The Balaban J connectivity index is -0.0000000532. The van der Waals surface area contributed by atoms with E-state index in [1.165, 1.54) is 11.8 Å². The Morgan fingerprint density at radius 2 is 1.05 bits per heavy atom. The molecule has 126 valence electrons. The summed E-state index contributed by atoms with van der Waals surface area (Å²) in [7, 11) is 0. The molecule has 0 radical (unpaired) electrons. The second-order valence-corrected chi connectivity index (χ2v) is 5.49. The van der Waals surface area contributed by atoms with Gasteiger partial charge in [0, 0.05) is 4.31 Å². The van der Waals surface area contributed by atoms with E-state index in [1.54, 1.807) is 13.8 Å². The molecule has 0 aromatic heterocycles. The smallest absolute Gasteiger partial charge is 0.147 e. The zero-order chi connectivity index (χ0) is 18.3. The molecule has 0 amide bonds. The summed E-state index contributed by atoms with van der Waals surface area (Å²) >= 11 is 22.8. The molecule has 0 aliphatic rings. The highest BCUT2D eigenvalue weighted by molar-refractivity contribution is 8.22. The molecular weight excluding hydrogens is 389 g/mol. The van der Waals surface area contributed by atoms with Gasteiger partial charge in [-0.3, -0.25) is 23.4 Å². The number of nitrogens with two attached hydrogens (primary N) is 5. The predicted octanol–water partition coefficient (Wildman–Crippen LogP) is -0.471. The fourth-order valence-corrected chi connectivity index (χ4v) is 0.177. The number of thioether (sulfide) groups is 1. The fraction of sp³-hybridized carbons (Fsp3) is 0.429. The van der Waals surface area contributed by atoms with Gasteiger partial charge in [0.2, 0.25) is 0 Å². The van der Waals surface area contributed by atoms with Crippen LogP contribution in [0.15, 0.2) is 0 Å². The first-order valence-corrected chi connectivity index (χ1v) is 7.85. The van der Waals surface area contributed by atoms with Crippen LogP contribution >= 0.6 is 72.9 Å². The summed E-state index contributed by atoms with van der Waals surface area (Å²) in [5.74, 6) is 22.4. The fourth-order valence-electron chi connectivity index (χ4n) is 0.0589. The van der Waals surface area contributed by atoms with E-state index in [4.69, 9.17) is 17.5 Å². The lowest BCUT2D eigenvalue weighted by atomic mass is 10.8. The van der Waals surface area contributed by atoms with E-state index >= 15 is 0 Å². The van der Waals surface area contributed by atoms with Crippen molar-refractivity contribution >= 4 is 91.5 Å². The molecule has 0 saturated heterocycles. The van der Waals surface area contributed by atoms with Gasteiger partial charge in [-0.25, -0.2) is 5.84 Å². The standard InChI is InChI=1S/C2H6N2S2.2C2H6N2S.CS2.H4N2/c1-6-2(5)4-3;2*1-2(5)4-3;2-1-3;1-2/h3H2,1H3,(H,4,5);2*3H2,1H3,(H,4,5);;1-2H2. The number of rotatable bonds is 0. The van der Waals surface area contributed by atoms with Crippen molar-refractivity contribution in [2.75, 3.05) is 6.26 Å². The maximum absolute atomic E-state index is 4.87. The van der Waals surface area contributed by atoms with Crippen LogP contribution in [-0.4, -0.2) is 24.9 Å². The zero-order valence-corrected chi connectivity index (χ0v) is 16.7. The van der Waals surface area contributed by atoms with Crippen LogP contribution in [0.3, 0.4) is 0 Å². The molecule has 0 saturated carbocycles. The number of hydrogen-bond donors (Lipinski definition) is 8. The average molecular weight is 411 g/mol. The highest BCUT2D eigenvalue weighted by atomic mass is 32.2. The van der Waals surface area contributed by atoms with Crippen molar-refractivity contribution in [1.29, 1.82) is 0 Å². The SMILES string of the molecule is CC(=S)NN.CC(=S)NN.CSC(=S)NN.NN.S=C=S. The first kappa shape index (κ1) is 32.8. The van der Waals surface area contributed by atoms with Crippen molar-refractivity contribution in [3.8, 4) is 0 Å². The third-order valence-corrected chi connectivity index (χ3v) is 2.05. The lowest BCUT2D eigenvalue weighted by molar-refractivity contribution is 1.04. The first-order valence-electron chi connectivity index (χ1n) is 4.58. The molecule has 0 unspecified atom stereocenters. The lowest BCUT2D eigenvalue weighted by Crippen LogP contribution is -2.25. The van der Waals surface area contributed by atoms with Crippen LogP contribution in [0.1, 0.15) is 13.8 Å². The molecule has 0 heterocycles. The summed E-state index contributed by atoms with van der Waals surface area (Å²) in [5, 5.41) is 0. The van der Waals surface area contributed by atoms with Crippen LogP contribution in [0.4, 0.5) is 0 Å². The van der Waals surface area contributed by atoms with Gasteiger partial charge in [0.05, 0.1) is 9.98 Å². The monoisotopic (exact) mass is 410 g/mol. The molecule has 0 rings (SSSR count). The summed E-state index contributed by atoms with van der Waals surface area (Å²) in [6, 6.07) is 0. The molecule has 0 fully saturated rings. The Labute approximate surface area is 156 Å². The van der Waals surface area contributed by atoms with Crippen LogP contribution in [0.5, 0.6) is 0 Å². The Morgan fingerprint density at radius 3 is 1.05 bits per heavy atom. The van der Waals surface area contributed by atoms with Crippen LogP contribution in [0.25, 0.3) is 0 Å². The largest absolute Gasteiger partial charge is 0.318 e. The highest BCUT2D eigenvalue weighted by Gasteiger charge is 1.79. The average Bonchev–Trinajstić information content (AvgIpc) is 2.50. The Kier molecular flexibility index (Phi) is 57.6. The van der Waals surface area contributed by atoms with Crippen molar-refractivity contribution in [2.24, 2.45) is 29.2 Å². The zero-order valence-electron chi connectivity index (χ0n) is 11.8. The van der Waals surface area contributed by atoms with Crippen LogP contribution in [0.2, 0.25) is 0 Å². The minimum atomic E-state index is 0.616. The second kappa shape index (κ2) is 36.9. The topological polar surface area (TPSA) is 166 Å². The maximum Gasteiger partial charge on any atom is 0.147 e. The molecule has 0 aliphatic heterocycles. The van der Waals surface area contributed by atoms with Crippen LogP contribution in [-0.2, 0) is 0 Å². The van der Waals surface area contributed by atoms with Gasteiger partial charge in [-0.1, -0.05) is 48.4 Å². The molecule has 0 atom stereocenters. The second-order valence-electron chi connectivity index (χ2n) is 2.12. The van der Waals surface area contributed by atoms with Gasteiger partial charge >= 0.3 is 0 Å². The van der Waals surface area contributed by atoms with Gasteiger partial charge in [0.15, 0.2) is 0 Å². The maximum atomic E-state index is 4.87. The Morgan fingerprint density at radius 1 is 0.857 bits per heavy atom. The third kappa shape index (κ3) is 101. The molecular formula is C7H22N8S6. The van der Waals surface area contributed by atoms with Gasteiger partial charge in [-0.05, 0) is 44.5 Å². The third-order valence-electron chi connectivity index (χ3n) is 0.710. The Bertz CT molecular complexity index is 260. The van der Waals surface area contributed by atoms with Crippen molar-refractivity contribution in [2.45, 2.75) is 13.8 Å². The quantitative estimate of drug-likeness (QED) is 0.147. The summed E-state index contributed by atoms with van der Waals surface area (Å²) in [6.07, 6.45) is 1.86. The number of hydrazine groups is 4. The molecule has 0 aromatic rings. The summed E-state index contributed by atoms with van der Waals surface area (Å²) in [4.78, 5) is 1.23. The Hall–Kier alpha value is 0.0400. The number of hydrogen-bond acceptors (Lipinski definition) is 11. The van der Waals surface area contributed by atoms with Crippen molar-refractivity contribution in [3.05, 3.63) is 0 Å². The van der Waals surface area contributed by atoms with E-state index in [1.807, 2.05) is 10.6 Å².